The fraction of sp³-hybridized carbons (Fsp3) is 0.375. The molecule has 8 heteroatoms. The van der Waals surface area contributed by atoms with Crippen LogP contribution in [-0.2, 0) is 15.7 Å². The number of halogens is 4. The van der Waals surface area contributed by atoms with Crippen molar-refractivity contribution in [2.45, 2.75) is 31.4 Å². The van der Waals surface area contributed by atoms with Gasteiger partial charge >= 0.3 is 12.1 Å². The number of carbonyl (C=O) groups excluding carboxylic acids is 1. The smallest absolute Gasteiger partial charge is 0.416 e. The summed E-state index contributed by atoms with van der Waals surface area (Å²) >= 11 is 0. The van der Waals surface area contributed by atoms with Crippen molar-refractivity contribution in [1.82, 2.24) is 0 Å². The Morgan fingerprint density at radius 2 is 1.88 bits per heavy atom. The number of methoxy groups -OCH3 is 2. The Hall–Kier alpha value is -2.87. The largest absolute Gasteiger partial charge is 0.496 e. The Balaban J connectivity index is 0.000000439. The molecule has 1 saturated carbocycles. The summed E-state index contributed by atoms with van der Waals surface area (Å²) in [5, 5.41) is 9.70. The van der Waals surface area contributed by atoms with E-state index in [1.54, 1.807) is 24.3 Å². The summed E-state index contributed by atoms with van der Waals surface area (Å²) in [7, 11) is 2.70. The quantitative estimate of drug-likeness (QED) is 0.368. The molecule has 0 aliphatic heterocycles. The summed E-state index contributed by atoms with van der Waals surface area (Å²) < 4.78 is 60.7. The number of hydrogen-bond acceptors (Lipinski definition) is 4. The molecule has 2 atom stereocenters. The number of hydrogen-bond donors (Lipinski definition) is 1. The zero-order chi connectivity index (χ0) is 23.7. The molecule has 0 unspecified atom stereocenters. The second-order valence-electron chi connectivity index (χ2n) is 7.33. The Bertz CT molecular complexity index is 910. The highest BCUT2D eigenvalue weighted by molar-refractivity contribution is 5.73. The molecule has 0 heterocycles. The van der Waals surface area contributed by atoms with Gasteiger partial charge in [-0.2, -0.15) is 13.2 Å². The maximum absolute atomic E-state index is 13.0. The van der Waals surface area contributed by atoms with E-state index in [-0.39, 0.29) is 35.6 Å². The van der Waals surface area contributed by atoms with Gasteiger partial charge in [0.15, 0.2) is 0 Å². The summed E-state index contributed by atoms with van der Waals surface area (Å²) in [4.78, 5) is 11.6. The van der Waals surface area contributed by atoms with Crippen LogP contribution in [0.2, 0.25) is 0 Å². The number of ether oxygens (including phenoxy) is 2. The van der Waals surface area contributed by atoms with Crippen molar-refractivity contribution in [3.63, 3.8) is 0 Å². The fourth-order valence-electron chi connectivity index (χ4n) is 3.54. The van der Waals surface area contributed by atoms with Crippen LogP contribution in [0.25, 0.3) is 0 Å². The van der Waals surface area contributed by atoms with Crippen molar-refractivity contribution in [2.24, 2.45) is 5.92 Å². The van der Waals surface area contributed by atoms with Gasteiger partial charge in [-0.25, -0.2) is 4.39 Å². The third-order valence-electron chi connectivity index (χ3n) is 5.18. The molecule has 0 bridgehead atoms. The number of rotatable bonds is 5. The van der Waals surface area contributed by atoms with Crippen LogP contribution in [0.15, 0.2) is 60.2 Å². The maximum atomic E-state index is 13.0. The molecule has 4 nitrogen and oxygen atoms in total. The van der Waals surface area contributed by atoms with Gasteiger partial charge in [0.1, 0.15) is 11.6 Å². The SMILES string of the molecule is COC(=O)[C@H]1CCC(=C[C@H](CO)c2cc(C(F)(F)F)ccc2OC)C1.Fc1ccccc1. The van der Waals surface area contributed by atoms with Gasteiger partial charge in [0.05, 0.1) is 32.3 Å². The first-order valence-corrected chi connectivity index (χ1v) is 10.0. The first-order chi connectivity index (χ1) is 15.2. The van der Waals surface area contributed by atoms with E-state index in [1.165, 1.54) is 32.4 Å². The number of aliphatic hydroxyl groups excluding tert-OH is 1. The Morgan fingerprint density at radius 3 is 2.38 bits per heavy atom. The van der Waals surface area contributed by atoms with Crippen LogP contribution in [0.4, 0.5) is 17.6 Å². The number of aliphatic hydroxyl groups is 1. The second kappa shape index (κ2) is 11.7. The number of carbonyl (C=O) groups is 1. The van der Waals surface area contributed by atoms with E-state index < -0.39 is 17.7 Å². The molecule has 0 aromatic heterocycles. The third kappa shape index (κ3) is 7.09. The zero-order valence-electron chi connectivity index (χ0n) is 17.9. The molecule has 1 N–H and O–H groups in total. The minimum Gasteiger partial charge on any atom is -0.496 e. The second-order valence-corrected chi connectivity index (χ2v) is 7.33. The lowest BCUT2D eigenvalue weighted by Crippen LogP contribution is -2.12. The molecule has 1 fully saturated rings. The first kappa shape index (κ1) is 25.4. The van der Waals surface area contributed by atoms with Crippen LogP contribution in [0, 0.1) is 11.7 Å². The van der Waals surface area contributed by atoms with Gasteiger partial charge in [-0.15, -0.1) is 0 Å². The van der Waals surface area contributed by atoms with Crippen molar-refractivity contribution in [1.29, 1.82) is 0 Å². The predicted octanol–water partition coefficient (Wildman–Crippen LogP) is 5.52. The van der Waals surface area contributed by atoms with Crippen LogP contribution in [-0.4, -0.2) is 31.9 Å². The summed E-state index contributed by atoms with van der Waals surface area (Å²) in [5.74, 6) is -1.06. The lowest BCUT2D eigenvalue weighted by molar-refractivity contribution is -0.145. The van der Waals surface area contributed by atoms with Gasteiger partial charge < -0.3 is 14.6 Å². The van der Waals surface area contributed by atoms with Gasteiger partial charge in [0, 0.05) is 11.5 Å². The van der Waals surface area contributed by atoms with Crippen molar-refractivity contribution in [3.05, 3.63) is 77.1 Å². The Morgan fingerprint density at radius 1 is 1.19 bits per heavy atom. The highest BCUT2D eigenvalue weighted by Crippen LogP contribution is 2.38. The lowest BCUT2D eigenvalue weighted by Gasteiger charge is -2.18. The zero-order valence-corrected chi connectivity index (χ0v) is 17.9. The molecular weight excluding hydrogens is 428 g/mol. The van der Waals surface area contributed by atoms with Crippen molar-refractivity contribution in [2.75, 3.05) is 20.8 Å². The van der Waals surface area contributed by atoms with E-state index >= 15 is 0 Å². The van der Waals surface area contributed by atoms with E-state index in [1.807, 2.05) is 0 Å². The molecule has 0 saturated heterocycles. The summed E-state index contributed by atoms with van der Waals surface area (Å²) in [6.07, 6.45) is -0.961. The van der Waals surface area contributed by atoms with E-state index in [9.17, 15) is 27.5 Å². The minimum absolute atomic E-state index is 0.178. The Kier molecular flexibility index (Phi) is 9.26. The van der Waals surface area contributed by atoms with Gasteiger partial charge in [-0.05, 0) is 49.6 Å². The molecule has 0 spiro atoms. The van der Waals surface area contributed by atoms with E-state index in [2.05, 4.69) is 0 Å². The summed E-state index contributed by atoms with van der Waals surface area (Å²) in [5.41, 5.74) is 0.404. The van der Waals surface area contributed by atoms with Crippen molar-refractivity contribution < 1.29 is 36.9 Å². The average Bonchev–Trinajstić information content (AvgIpc) is 3.25. The molecule has 3 rings (SSSR count). The van der Waals surface area contributed by atoms with Crippen molar-refractivity contribution >= 4 is 5.97 Å². The average molecular weight is 454 g/mol. The van der Waals surface area contributed by atoms with Gasteiger partial charge in [0.25, 0.3) is 0 Å². The van der Waals surface area contributed by atoms with Crippen LogP contribution in [0.5, 0.6) is 5.75 Å². The first-order valence-electron chi connectivity index (χ1n) is 10.0. The van der Waals surface area contributed by atoms with E-state index in [0.717, 1.165) is 17.7 Å². The molecule has 1 aliphatic rings. The number of esters is 1. The maximum Gasteiger partial charge on any atom is 0.416 e. The Labute approximate surface area is 184 Å². The number of alkyl halides is 3. The highest BCUT2D eigenvalue weighted by atomic mass is 19.4. The predicted molar refractivity (Wildman–Crippen MR) is 112 cm³/mol. The van der Waals surface area contributed by atoms with Gasteiger partial charge in [-0.3, -0.25) is 4.79 Å². The fourth-order valence-corrected chi connectivity index (χ4v) is 3.54. The number of benzene rings is 2. The monoisotopic (exact) mass is 454 g/mol. The topological polar surface area (TPSA) is 55.8 Å². The summed E-state index contributed by atoms with van der Waals surface area (Å²) in [6, 6.07) is 11.1. The normalized spacial score (nSPS) is 18.0. The van der Waals surface area contributed by atoms with Crippen LogP contribution in [0.3, 0.4) is 0 Å². The van der Waals surface area contributed by atoms with Gasteiger partial charge in [-0.1, -0.05) is 29.8 Å². The summed E-state index contributed by atoms with van der Waals surface area (Å²) in [6.45, 7) is -0.357. The van der Waals surface area contributed by atoms with Crippen LogP contribution >= 0.6 is 0 Å². The molecule has 174 valence electrons. The van der Waals surface area contributed by atoms with Crippen LogP contribution in [0.1, 0.15) is 36.3 Å². The molecular formula is C24H26F4O4. The molecule has 32 heavy (non-hydrogen) atoms. The van der Waals surface area contributed by atoms with Crippen LogP contribution < -0.4 is 4.74 Å². The minimum atomic E-state index is -4.47. The highest BCUT2D eigenvalue weighted by Gasteiger charge is 2.32. The molecule has 2 aromatic carbocycles. The third-order valence-corrected chi connectivity index (χ3v) is 5.18. The molecule has 0 radical (unpaired) electrons. The lowest BCUT2D eigenvalue weighted by atomic mass is 9.93. The molecule has 0 amide bonds. The molecule has 2 aromatic rings. The van der Waals surface area contributed by atoms with Crippen molar-refractivity contribution in [3.8, 4) is 5.75 Å². The molecule has 1 aliphatic carbocycles. The van der Waals surface area contributed by atoms with E-state index in [4.69, 9.17) is 9.47 Å². The van der Waals surface area contributed by atoms with E-state index in [0.29, 0.717) is 19.3 Å². The number of allylic oxidation sites excluding steroid dienone is 1. The van der Waals surface area contributed by atoms with Gasteiger partial charge in [0.2, 0.25) is 0 Å². The standard InChI is InChI=1S/C18H21F3O4.C6H5F/c1-24-16-6-5-14(18(19,20)21)9-15(16)13(10-22)8-11-3-4-12(7-11)17(23)25-2;7-6-4-2-1-3-5-6/h5-6,8-9,12-13,22H,3-4,7,10H2,1-2H3;1-5H/t12-,13+;/m0./s1.